The molecule has 1 aromatic carbocycles. The Labute approximate surface area is 164 Å². The van der Waals surface area contributed by atoms with E-state index in [1.807, 2.05) is 11.0 Å². The Morgan fingerprint density at radius 3 is 2.82 bits per heavy atom. The first-order chi connectivity index (χ1) is 13.8. The highest BCUT2D eigenvalue weighted by molar-refractivity contribution is 5.92. The standard InChI is InChI=1S/C21H24N4O3/c26-21(18-10-22-5-6-23-18)25-13-16-1-3-17(14-25)24(12-16)11-15-2-4-19-20(9-15)28-8-7-27-19/h2,4-6,9-10,16-17H,1,3,7-8,11-14H2. The number of nitrogens with zero attached hydrogens (tertiary/aromatic N) is 4. The van der Waals surface area contributed by atoms with E-state index in [9.17, 15) is 4.79 Å². The van der Waals surface area contributed by atoms with Crippen LogP contribution in [0.5, 0.6) is 11.5 Å². The third-order valence-corrected chi connectivity index (χ3v) is 5.89. The number of fused-ring (bicyclic) bond motifs is 5. The van der Waals surface area contributed by atoms with Gasteiger partial charge in [0.1, 0.15) is 18.9 Å². The van der Waals surface area contributed by atoms with Gasteiger partial charge in [0.25, 0.3) is 5.91 Å². The van der Waals surface area contributed by atoms with Gasteiger partial charge in [-0.05, 0) is 36.5 Å². The zero-order valence-corrected chi connectivity index (χ0v) is 15.8. The molecule has 4 aliphatic rings. The van der Waals surface area contributed by atoms with E-state index in [0.29, 0.717) is 30.9 Å². The van der Waals surface area contributed by atoms with Crippen LogP contribution in [0.25, 0.3) is 0 Å². The number of carbonyl (C=O) groups excluding carboxylic acids is 1. The van der Waals surface area contributed by atoms with Crippen molar-refractivity contribution in [3.05, 3.63) is 48.0 Å². The molecule has 5 heterocycles. The van der Waals surface area contributed by atoms with Gasteiger partial charge in [-0.2, -0.15) is 0 Å². The van der Waals surface area contributed by atoms with E-state index in [0.717, 1.165) is 44.1 Å². The van der Waals surface area contributed by atoms with Gasteiger partial charge in [0.05, 0.1) is 6.20 Å². The highest BCUT2D eigenvalue weighted by Gasteiger charge is 2.37. The average Bonchev–Trinajstić information content (AvgIpc) is 3.06. The lowest BCUT2D eigenvalue weighted by atomic mass is 9.94. The maximum absolute atomic E-state index is 12.9. The Balaban J connectivity index is 1.31. The minimum atomic E-state index is -0.00817. The zero-order valence-electron chi connectivity index (χ0n) is 15.8. The van der Waals surface area contributed by atoms with Gasteiger partial charge in [0, 0.05) is 44.6 Å². The molecule has 1 amide bonds. The second kappa shape index (κ2) is 7.39. The van der Waals surface area contributed by atoms with Crippen LogP contribution in [0.15, 0.2) is 36.8 Å². The largest absolute Gasteiger partial charge is 0.486 e. The minimum absolute atomic E-state index is 0.00817. The molecule has 0 spiro atoms. The topological polar surface area (TPSA) is 67.8 Å². The van der Waals surface area contributed by atoms with Gasteiger partial charge in [-0.3, -0.25) is 14.7 Å². The molecule has 3 saturated heterocycles. The molecule has 2 unspecified atom stereocenters. The quantitative estimate of drug-likeness (QED) is 0.811. The fourth-order valence-corrected chi connectivity index (χ4v) is 4.53. The SMILES string of the molecule is O=C(c1cnccn1)N1CC2CCC(C1)N(Cc1ccc3c(c1)OCCO3)C2. The zero-order chi connectivity index (χ0) is 18.9. The molecule has 7 heteroatoms. The summed E-state index contributed by atoms with van der Waals surface area (Å²) in [7, 11) is 0. The first-order valence-electron chi connectivity index (χ1n) is 9.94. The molecular weight excluding hydrogens is 356 g/mol. The monoisotopic (exact) mass is 380 g/mol. The molecule has 0 radical (unpaired) electrons. The van der Waals surface area contributed by atoms with Crippen molar-refractivity contribution in [3.8, 4) is 11.5 Å². The van der Waals surface area contributed by atoms with Crippen molar-refractivity contribution in [1.29, 1.82) is 0 Å². The fourth-order valence-electron chi connectivity index (χ4n) is 4.53. The van der Waals surface area contributed by atoms with Crippen LogP contribution < -0.4 is 9.47 Å². The molecule has 7 nitrogen and oxygen atoms in total. The second-order valence-electron chi connectivity index (χ2n) is 7.81. The third-order valence-electron chi connectivity index (χ3n) is 5.89. The van der Waals surface area contributed by atoms with Gasteiger partial charge in [-0.25, -0.2) is 4.98 Å². The van der Waals surface area contributed by atoms with E-state index in [-0.39, 0.29) is 5.91 Å². The van der Waals surface area contributed by atoms with Crippen molar-refractivity contribution in [2.75, 3.05) is 32.8 Å². The van der Waals surface area contributed by atoms with Crippen molar-refractivity contribution in [1.82, 2.24) is 19.8 Å². The first-order valence-corrected chi connectivity index (χ1v) is 9.94. The molecule has 4 aliphatic heterocycles. The van der Waals surface area contributed by atoms with Crippen molar-refractivity contribution in [3.63, 3.8) is 0 Å². The van der Waals surface area contributed by atoms with Crippen LogP contribution in [0.3, 0.4) is 0 Å². The van der Waals surface area contributed by atoms with Gasteiger partial charge in [-0.15, -0.1) is 0 Å². The molecule has 2 atom stereocenters. The summed E-state index contributed by atoms with van der Waals surface area (Å²) in [4.78, 5) is 25.6. The lowest BCUT2D eigenvalue weighted by molar-refractivity contribution is 0.0729. The average molecular weight is 380 g/mol. The van der Waals surface area contributed by atoms with Crippen LogP contribution in [-0.4, -0.2) is 64.6 Å². The van der Waals surface area contributed by atoms with Crippen LogP contribution in [0.4, 0.5) is 0 Å². The van der Waals surface area contributed by atoms with Crippen molar-refractivity contribution < 1.29 is 14.3 Å². The maximum atomic E-state index is 12.9. The van der Waals surface area contributed by atoms with E-state index < -0.39 is 0 Å². The summed E-state index contributed by atoms with van der Waals surface area (Å²) in [6, 6.07) is 6.58. The minimum Gasteiger partial charge on any atom is -0.486 e. The number of ether oxygens (including phenoxy) is 2. The lowest BCUT2D eigenvalue weighted by Crippen LogP contribution is -2.44. The van der Waals surface area contributed by atoms with Crippen LogP contribution in [-0.2, 0) is 6.54 Å². The Hall–Kier alpha value is -2.67. The number of carbonyl (C=O) groups is 1. The predicted octanol–water partition coefficient (Wildman–Crippen LogP) is 1.98. The van der Waals surface area contributed by atoms with Crippen LogP contribution in [0.2, 0.25) is 0 Å². The number of aromatic nitrogens is 2. The molecule has 1 aromatic heterocycles. The fraction of sp³-hybridized carbons (Fsp3) is 0.476. The maximum Gasteiger partial charge on any atom is 0.274 e. The van der Waals surface area contributed by atoms with E-state index >= 15 is 0 Å². The normalized spacial score (nSPS) is 24.1. The van der Waals surface area contributed by atoms with Crippen LogP contribution in [0, 0.1) is 5.92 Å². The number of piperidine rings is 1. The summed E-state index contributed by atoms with van der Waals surface area (Å²) >= 11 is 0. The molecule has 6 rings (SSSR count). The molecular formula is C21H24N4O3. The predicted molar refractivity (Wildman–Crippen MR) is 102 cm³/mol. The molecule has 0 aliphatic carbocycles. The molecule has 2 aromatic rings. The van der Waals surface area contributed by atoms with E-state index in [2.05, 4.69) is 27.0 Å². The lowest BCUT2D eigenvalue weighted by Gasteiger charge is -2.36. The van der Waals surface area contributed by atoms with E-state index in [1.54, 1.807) is 18.6 Å². The summed E-state index contributed by atoms with van der Waals surface area (Å²) in [5.41, 5.74) is 1.66. The van der Waals surface area contributed by atoms with Crippen LogP contribution >= 0.6 is 0 Å². The summed E-state index contributed by atoms with van der Waals surface area (Å²) in [6.07, 6.45) is 7.03. The van der Waals surface area contributed by atoms with Crippen molar-refractivity contribution >= 4 is 5.91 Å². The van der Waals surface area contributed by atoms with Gasteiger partial charge in [0.15, 0.2) is 11.5 Å². The van der Waals surface area contributed by atoms with Crippen molar-refractivity contribution in [2.45, 2.75) is 25.4 Å². The Bertz CT molecular complexity index is 860. The van der Waals surface area contributed by atoms with Gasteiger partial charge < -0.3 is 14.4 Å². The smallest absolute Gasteiger partial charge is 0.274 e. The van der Waals surface area contributed by atoms with E-state index in [4.69, 9.17) is 9.47 Å². The number of hydrogen-bond donors (Lipinski definition) is 0. The second-order valence-corrected chi connectivity index (χ2v) is 7.81. The molecule has 3 fully saturated rings. The first kappa shape index (κ1) is 17.4. The molecule has 28 heavy (non-hydrogen) atoms. The summed E-state index contributed by atoms with van der Waals surface area (Å²) in [5.74, 6) is 2.15. The Morgan fingerprint density at radius 1 is 1.07 bits per heavy atom. The Kier molecular flexibility index (Phi) is 4.60. The summed E-state index contributed by atoms with van der Waals surface area (Å²) in [6.45, 7) is 4.64. The summed E-state index contributed by atoms with van der Waals surface area (Å²) in [5, 5.41) is 0. The molecule has 0 N–H and O–H groups in total. The van der Waals surface area contributed by atoms with Gasteiger partial charge >= 0.3 is 0 Å². The highest BCUT2D eigenvalue weighted by atomic mass is 16.6. The highest BCUT2D eigenvalue weighted by Crippen LogP contribution is 2.33. The number of rotatable bonds is 3. The number of hydrogen-bond acceptors (Lipinski definition) is 6. The van der Waals surface area contributed by atoms with Crippen molar-refractivity contribution in [2.24, 2.45) is 5.92 Å². The molecule has 146 valence electrons. The third kappa shape index (κ3) is 3.42. The number of amides is 1. The molecule has 0 saturated carbocycles. The molecule has 2 bridgehead atoms. The Morgan fingerprint density at radius 2 is 1.96 bits per heavy atom. The van der Waals surface area contributed by atoms with Gasteiger partial charge in [0.2, 0.25) is 0 Å². The number of benzene rings is 1. The van der Waals surface area contributed by atoms with Crippen LogP contribution in [0.1, 0.15) is 28.9 Å². The van der Waals surface area contributed by atoms with E-state index in [1.165, 1.54) is 12.0 Å². The van der Waals surface area contributed by atoms with Gasteiger partial charge in [-0.1, -0.05) is 6.07 Å². The summed E-state index contributed by atoms with van der Waals surface area (Å²) < 4.78 is 11.4.